The zero-order valence-electron chi connectivity index (χ0n) is 24.3. The van der Waals surface area contributed by atoms with Crippen LogP contribution in [0.4, 0.5) is 17.3 Å². The molecule has 40 heavy (non-hydrogen) atoms. The predicted molar refractivity (Wildman–Crippen MR) is 164 cm³/mol. The Morgan fingerprint density at radius 3 is 2.55 bits per heavy atom. The Bertz CT molecular complexity index is 1280. The van der Waals surface area contributed by atoms with Crippen LogP contribution in [0.1, 0.15) is 64.0 Å². The number of nitrogens with zero attached hydrogens (tertiary/aromatic N) is 6. The fourth-order valence-electron chi connectivity index (χ4n) is 5.85. The average molecular weight is 565 g/mol. The van der Waals surface area contributed by atoms with E-state index in [4.69, 9.17) is 21.6 Å². The molecular formula is C31H41ClN6O2. The van der Waals surface area contributed by atoms with Gasteiger partial charge >= 0.3 is 0 Å². The Morgan fingerprint density at radius 1 is 1.18 bits per heavy atom. The highest BCUT2D eigenvalue weighted by Gasteiger charge is 2.33. The molecule has 0 spiro atoms. The first-order valence-electron chi connectivity index (χ1n) is 14.2. The summed E-state index contributed by atoms with van der Waals surface area (Å²) in [6.07, 6.45) is 5.50. The molecule has 2 aliphatic heterocycles. The summed E-state index contributed by atoms with van der Waals surface area (Å²) in [5.74, 6) is 1.99. The Balaban J connectivity index is 1.87. The van der Waals surface area contributed by atoms with Crippen molar-refractivity contribution >= 4 is 47.1 Å². The van der Waals surface area contributed by atoms with Crippen LogP contribution in [0.3, 0.4) is 0 Å². The number of hydrogen-bond acceptors (Lipinski definition) is 5. The lowest BCUT2D eigenvalue weighted by atomic mass is 10.00. The third-order valence-corrected chi connectivity index (χ3v) is 8.28. The molecule has 2 fully saturated rings. The van der Waals surface area contributed by atoms with Crippen LogP contribution in [0.5, 0.6) is 0 Å². The Labute approximate surface area is 243 Å². The smallest absolute Gasteiger partial charge is 0.246 e. The number of hydrogen-bond donors (Lipinski definition) is 0. The van der Waals surface area contributed by atoms with E-state index in [0.717, 1.165) is 37.0 Å². The van der Waals surface area contributed by atoms with Gasteiger partial charge in [-0.15, -0.1) is 0 Å². The van der Waals surface area contributed by atoms with Crippen LogP contribution < -0.4 is 9.80 Å². The van der Waals surface area contributed by atoms with Gasteiger partial charge in [0.05, 0.1) is 16.3 Å². The summed E-state index contributed by atoms with van der Waals surface area (Å²) >= 11 is 6.99. The summed E-state index contributed by atoms with van der Waals surface area (Å²) in [5.41, 5.74) is 2.51. The van der Waals surface area contributed by atoms with Crippen LogP contribution in [-0.2, 0) is 9.59 Å². The summed E-state index contributed by atoms with van der Waals surface area (Å²) < 4.78 is 0. The second-order valence-corrected chi connectivity index (χ2v) is 11.4. The van der Waals surface area contributed by atoms with Crippen molar-refractivity contribution in [1.82, 2.24) is 14.8 Å². The quantitative estimate of drug-likeness (QED) is 0.189. The third kappa shape index (κ3) is 5.87. The number of carbonyl (C=O) groups excluding carboxylic acids is 2. The molecule has 0 bridgehead atoms. The second-order valence-electron chi connectivity index (χ2n) is 11.0. The van der Waals surface area contributed by atoms with Gasteiger partial charge in [0.15, 0.2) is 5.82 Å². The van der Waals surface area contributed by atoms with Gasteiger partial charge in [-0.3, -0.25) is 19.5 Å². The molecule has 1 aromatic heterocycles. The lowest BCUT2D eigenvalue weighted by molar-refractivity contribution is -0.128. The van der Waals surface area contributed by atoms with Gasteiger partial charge in [-0.05, 0) is 62.8 Å². The highest BCUT2D eigenvalue weighted by atomic mass is 35.5. The van der Waals surface area contributed by atoms with E-state index in [2.05, 4.69) is 44.1 Å². The van der Waals surface area contributed by atoms with Crippen molar-refractivity contribution in [3.8, 4) is 0 Å². The van der Waals surface area contributed by atoms with Gasteiger partial charge < -0.3 is 14.7 Å². The van der Waals surface area contributed by atoms with Crippen LogP contribution in [-0.4, -0.2) is 78.2 Å². The van der Waals surface area contributed by atoms with E-state index in [1.165, 1.54) is 12.5 Å². The number of para-hydroxylation sites is 1. The summed E-state index contributed by atoms with van der Waals surface area (Å²) in [7, 11) is 1.74. The number of rotatable bonds is 7. The molecule has 9 heteroatoms. The molecule has 2 amide bonds. The first kappa shape index (κ1) is 29.6. The lowest BCUT2D eigenvalue weighted by Crippen LogP contribution is -2.55. The fourth-order valence-corrected chi connectivity index (χ4v) is 6.11. The van der Waals surface area contributed by atoms with Crippen molar-refractivity contribution in [2.75, 3.05) is 43.0 Å². The molecule has 1 aromatic carbocycles. The van der Waals surface area contributed by atoms with Crippen LogP contribution in [0.15, 0.2) is 48.0 Å². The maximum atomic E-state index is 12.9. The summed E-state index contributed by atoms with van der Waals surface area (Å²) in [6.45, 7) is 14.7. The van der Waals surface area contributed by atoms with E-state index >= 15 is 0 Å². The van der Waals surface area contributed by atoms with Crippen LogP contribution in [0, 0.1) is 0 Å². The molecule has 0 radical (unpaired) electrons. The second kappa shape index (κ2) is 12.9. The molecule has 2 saturated heterocycles. The van der Waals surface area contributed by atoms with Crippen LogP contribution in [0.25, 0.3) is 0 Å². The van der Waals surface area contributed by atoms with E-state index in [9.17, 15) is 9.59 Å². The Kier molecular flexibility index (Phi) is 9.51. The number of amides is 2. The number of carbonyl (C=O) groups is 2. The summed E-state index contributed by atoms with van der Waals surface area (Å²) in [4.78, 5) is 42.9. The van der Waals surface area contributed by atoms with Gasteiger partial charge in [-0.25, -0.2) is 4.98 Å². The molecular weight excluding hydrogens is 524 g/mol. The van der Waals surface area contributed by atoms with E-state index in [1.54, 1.807) is 16.8 Å². The van der Waals surface area contributed by atoms with E-state index in [-0.39, 0.29) is 17.9 Å². The minimum Gasteiger partial charge on any atom is -0.353 e. The molecule has 214 valence electrons. The predicted octanol–water partition coefficient (Wildman–Crippen LogP) is 5.63. The molecule has 0 saturated carbocycles. The number of aliphatic imine (C=N–C) groups is 1. The molecule has 2 unspecified atom stereocenters. The number of piperazine rings is 1. The van der Waals surface area contributed by atoms with Crippen molar-refractivity contribution in [3.05, 3.63) is 59.1 Å². The number of piperidine rings is 1. The van der Waals surface area contributed by atoms with Gasteiger partial charge in [-0.1, -0.05) is 50.2 Å². The summed E-state index contributed by atoms with van der Waals surface area (Å²) in [6, 6.07) is 10.1. The zero-order chi connectivity index (χ0) is 29.0. The number of anilines is 3. The van der Waals surface area contributed by atoms with E-state index < -0.39 is 0 Å². The molecule has 2 aromatic rings. The van der Waals surface area contributed by atoms with Gasteiger partial charge in [-0.2, -0.15) is 0 Å². The zero-order valence-corrected chi connectivity index (χ0v) is 25.1. The van der Waals surface area contributed by atoms with Crippen molar-refractivity contribution in [2.45, 2.75) is 65.0 Å². The number of pyridine rings is 1. The van der Waals surface area contributed by atoms with Crippen LogP contribution in [0.2, 0.25) is 5.02 Å². The fraction of sp³-hybridized carbons (Fsp3) is 0.484. The van der Waals surface area contributed by atoms with Gasteiger partial charge in [0.25, 0.3) is 0 Å². The van der Waals surface area contributed by atoms with Crippen LogP contribution >= 0.6 is 11.6 Å². The Hall–Kier alpha value is -3.39. The van der Waals surface area contributed by atoms with Crippen molar-refractivity contribution in [1.29, 1.82) is 0 Å². The maximum Gasteiger partial charge on any atom is 0.246 e. The first-order chi connectivity index (χ1) is 19.2. The van der Waals surface area contributed by atoms with Gasteiger partial charge in [0.2, 0.25) is 12.3 Å². The highest BCUT2D eigenvalue weighted by Crippen LogP contribution is 2.38. The van der Waals surface area contributed by atoms with Gasteiger partial charge in [0, 0.05) is 45.3 Å². The standard InChI is InChI=1S/C31H41ClN6O2/c1-7-28(40)35-16-17-37(23(5)19-35)29(33-6)25-18-26(32)31(36-15-11-10-12-22(36)4)34-30(25)38(20-39)27-14-9-8-13-24(27)21(2)3/h7-9,13-14,18,20-23H,1,10-12,15-17,19H2,2-6H3. The van der Waals surface area contributed by atoms with Crippen molar-refractivity contribution in [2.24, 2.45) is 4.99 Å². The molecule has 4 rings (SSSR count). The molecule has 0 aliphatic carbocycles. The van der Waals surface area contributed by atoms with Crippen molar-refractivity contribution in [3.63, 3.8) is 0 Å². The molecule has 0 N–H and O–H groups in total. The normalized spacial score (nSPS) is 20.1. The van der Waals surface area contributed by atoms with E-state index in [1.807, 2.05) is 30.3 Å². The minimum atomic E-state index is -0.0793. The SMILES string of the molecule is C=CC(=O)N1CCN(C(=NC)c2cc(Cl)c(N3CCCCC3C)nc2N(C=O)c2ccccc2C(C)C)C(C)C1. The molecule has 2 atom stereocenters. The highest BCUT2D eigenvalue weighted by molar-refractivity contribution is 6.33. The Morgan fingerprint density at radius 2 is 1.93 bits per heavy atom. The van der Waals surface area contributed by atoms with Crippen molar-refractivity contribution < 1.29 is 9.59 Å². The third-order valence-electron chi connectivity index (χ3n) is 8.00. The van der Waals surface area contributed by atoms with E-state index in [0.29, 0.717) is 53.7 Å². The number of aromatic nitrogens is 1. The lowest BCUT2D eigenvalue weighted by Gasteiger charge is -2.42. The molecule has 3 heterocycles. The van der Waals surface area contributed by atoms with Gasteiger partial charge in [0.1, 0.15) is 11.7 Å². The topological polar surface area (TPSA) is 72.4 Å². The summed E-state index contributed by atoms with van der Waals surface area (Å²) in [5, 5.41) is 0.532. The molecule has 8 nitrogen and oxygen atoms in total. The average Bonchev–Trinajstić information content (AvgIpc) is 2.95. The number of halogens is 1. The largest absolute Gasteiger partial charge is 0.353 e. The minimum absolute atomic E-state index is 0.0163. The number of benzene rings is 1. The maximum absolute atomic E-state index is 12.9. The first-order valence-corrected chi connectivity index (χ1v) is 14.5. The monoisotopic (exact) mass is 564 g/mol. The molecule has 2 aliphatic rings. The number of amidine groups is 1.